The summed E-state index contributed by atoms with van der Waals surface area (Å²) in [7, 11) is 0. The fourth-order valence-corrected chi connectivity index (χ4v) is 1.72. The Morgan fingerprint density at radius 3 is 2.76 bits per heavy atom. The van der Waals surface area contributed by atoms with Crippen molar-refractivity contribution in [3.63, 3.8) is 0 Å². The summed E-state index contributed by atoms with van der Waals surface area (Å²) in [5.41, 5.74) is 0. The van der Waals surface area contributed by atoms with E-state index in [1.54, 1.807) is 6.20 Å². The molecule has 1 rings (SSSR count). The number of aromatic nitrogens is 1. The van der Waals surface area contributed by atoms with Crippen molar-refractivity contribution in [1.82, 2.24) is 10.3 Å². The van der Waals surface area contributed by atoms with Gasteiger partial charge in [-0.1, -0.05) is 39.0 Å². The zero-order valence-corrected chi connectivity index (χ0v) is 11.2. The van der Waals surface area contributed by atoms with Gasteiger partial charge in [-0.15, -0.1) is 0 Å². The predicted molar refractivity (Wildman–Crippen MR) is 74.1 cm³/mol. The van der Waals surface area contributed by atoms with E-state index in [0.717, 1.165) is 13.0 Å². The number of nitrogens with zero attached hydrogens (tertiary/aromatic N) is 1. The lowest BCUT2D eigenvalue weighted by atomic mass is 10.1. The van der Waals surface area contributed by atoms with Crippen molar-refractivity contribution in [2.24, 2.45) is 0 Å². The highest BCUT2D eigenvalue weighted by molar-refractivity contribution is 7.80. The van der Waals surface area contributed by atoms with Crippen LogP contribution in [-0.4, -0.2) is 16.6 Å². The molecule has 96 valence electrons. The molecular formula is C12H21N3OS. The van der Waals surface area contributed by atoms with Gasteiger partial charge in [-0.3, -0.25) is 5.32 Å². The number of hydrogen-bond acceptors (Lipinski definition) is 3. The van der Waals surface area contributed by atoms with E-state index in [4.69, 9.17) is 16.6 Å². The highest BCUT2D eigenvalue weighted by Crippen LogP contribution is 2.04. The molecule has 0 radical (unpaired) electrons. The molecule has 0 saturated heterocycles. The lowest BCUT2D eigenvalue weighted by molar-refractivity contribution is 0.577. The van der Waals surface area contributed by atoms with Crippen molar-refractivity contribution in [1.29, 1.82) is 0 Å². The quantitative estimate of drug-likeness (QED) is 0.551. The van der Waals surface area contributed by atoms with Gasteiger partial charge < -0.3 is 9.73 Å². The predicted octanol–water partition coefficient (Wildman–Crippen LogP) is 3.32. The van der Waals surface area contributed by atoms with Crippen LogP contribution < -0.4 is 10.6 Å². The Bertz CT molecular complexity index is 301. The number of hydrogen-bond donors (Lipinski definition) is 2. The normalized spacial score (nSPS) is 10.2. The molecule has 5 heteroatoms. The van der Waals surface area contributed by atoms with Crippen LogP contribution in [0.2, 0.25) is 0 Å². The van der Waals surface area contributed by atoms with Gasteiger partial charge in [0.05, 0.1) is 6.20 Å². The van der Waals surface area contributed by atoms with Crippen LogP contribution in [0, 0.1) is 0 Å². The Morgan fingerprint density at radius 2 is 2.06 bits per heavy atom. The molecule has 0 aliphatic rings. The highest BCUT2D eigenvalue weighted by atomic mass is 32.1. The zero-order valence-electron chi connectivity index (χ0n) is 10.4. The molecule has 0 aliphatic heterocycles. The summed E-state index contributed by atoms with van der Waals surface area (Å²) in [5, 5.41) is 6.58. The fraction of sp³-hybridized carbons (Fsp3) is 0.667. The molecular weight excluding hydrogens is 234 g/mol. The minimum Gasteiger partial charge on any atom is -0.432 e. The lowest BCUT2D eigenvalue weighted by Crippen LogP contribution is -2.29. The topological polar surface area (TPSA) is 50.1 Å². The standard InChI is InChI=1S/C12H21N3OS/c1-2-3-4-5-6-7-8-14-12(17)15-11-13-9-10-16-11/h9-10H,2-8H2,1H3,(H2,13,14,15,17). The van der Waals surface area contributed by atoms with E-state index in [0.29, 0.717) is 11.1 Å². The van der Waals surface area contributed by atoms with Gasteiger partial charge in [0.1, 0.15) is 6.26 Å². The Morgan fingerprint density at radius 1 is 1.29 bits per heavy atom. The smallest absolute Gasteiger partial charge is 0.300 e. The van der Waals surface area contributed by atoms with Crippen LogP contribution in [-0.2, 0) is 0 Å². The monoisotopic (exact) mass is 255 g/mol. The number of rotatable bonds is 8. The van der Waals surface area contributed by atoms with E-state index in [-0.39, 0.29) is 0 Å². The maximum atomic E-state index is 5.10. The Labute approximate surface area is 108 Å². The second-order valence-corrected chi connectivity index (χ2v) is 4.39. The van der Waals surface area contributed by atoms with E-state index in [9.17, 15) is 0 Å². The molecule has 0 atom stereocenters. The maximum Gasteiger partial charge on any atom is 0.300 e. The van der Waals surface area contributed by atoms with Crippen molar-refractivity contribution in [2.45, 2.75) is 45.4 Å². The first-order chi connectivity index (χ1) is 8.33. The maximum absolute atomic E-state index is 5.10. The molecule has 1 aromatic rings. The molecule has 0 bridgehead atoms. The molecule has 1 aromatic heterocycles. The molecule has 0 amide bonds. The van der Waals surface area contributed by atoms with Gasteiger partial charge in [-0.2, -0.15) is 0 Å². The minimum absolute atomic E-state index is 0.436. The van der Waals surface area contributed by atoms with Crippen LogP contribution in [0.15, 0.2) is 16.9 Å². The Kier molecular flexibility index (Phi) is 7.38. The van der Waals surface area contributed by atoms with Gasteiger partial charge in [0.25, 0.3) is 0 Å². The Hall–Kier alpha value is -1.10. The third-order valence-electron chi connectivity index (χ3n) is 2.47. The molecule has 4 nitrogen and oxygen atoms in total. The molecule has 17 heavy (non-hydrogen) atoms. The third-order valence-corrected chi connectivity index (χ3v) is 2.72. The Balaban J connectivity index is 1.94. The first-order valence-corrected chi connectivity index (χ1v) is 6.68. The SMILES string of the molecule is CCCCCCCCNC(=S)Nc1ncco1. The molecule has 0 unspecified atom stereocenters. The van der Waals surface area contributed by atoms with E-state index in [1.165, 1.54) is 38.4 Å². The van der Waals surface area contributed by atoms with Crippen LogP contribution in [0.1, 0.15) is 45.4 Å². The average Bonchev–Trinajstić information content (AvgIpc) is 2.80. The van der Waals surface area contributed by atoms with Crippen LogP contribution in [0.25, 0.3) is 0 Å². The lowest BCUT2D eigenvalue weighted by Gasteiger charge is -2.07. The summed E-state index contributed by atoms with van der Waals surface area (Å²) < 4.78 is 5.03. The van der Waals surface area contributed by atoms with Gasteiger partial charge in [0, 0.05) is 6.54 Å². The molecule has 0 saturated carbocycles. The number of oxazole rings is 1. The summed E-state index contributed by atoms with van der Waals surface area (Å²) in [6, 6.07) is 0.436. The van der Waals surface area contributed by atoms with Crippen molar-refractivity contribution >= 4 is 23.3 Å². The van der Waals surface area contributed by atoms with Gasteiger partial charge in [-0.25, -0.2) is 4.98 Å². The van der Waals surface area contributed by atoms with Crippen LogP contribution in [0.5, 0.6) is 0 Å². The first-order valence-electron chi connectivity index (χ1n) is 6.27. The summed E-state index contributed by atoms with van der Waals surface area (Å²) >= 11 is 5.10. The highest BCUT2D eigenvalue weighted by Gasteiger charge is 1.99. The first kappa shape index (κ1) is 14.0. The van der Waals surface area contributed by atoms with Crippen molar-refractivity contribution in [3.8, 4) is 0 Å². The van der Waals surface area contributed by atoms with Gasteiger partial charge in [0.15, 0.2) is 5.11 Å². The van der Waals surface area contributed by atoms with Gasteiger partial charge in [0.2, 0.25) is 0 Å². The second kappa shape index (κ2) is 8.98. The molecule has 0 aromatic carbocycles. The molecule has 0 fully saturated rings. The van der Waals surface area contributed by atoms with E-state index < -0.39 is 0 Å². The average molecular weight is 255 g/mol. The number of thiocarbonyl (C=S) groups is 1. The second-order valence-electron chi connectivity index (χ2n) is 3.99. The van der Waals surface area contributed by atoms with Crippen LogP contribution >= 0.6 is 12.2 Å². The minimum atomic E-state index is 0.436. The van der Waals surface area contributed by atoms with Crippen molar-refractivity contribution < 1.29 is 4.42 Å². The molecule has 0 aliphatic carbocycles. The zero-order chi connectivity index (χ0) is 12.3. The van der Waals surface area contributed by atoms with Crippen molar-refractivity contribution in [2.75, 3.05) is 11.9 Å². The summed E-state index contributed by atoms with van der Waals surface area (Å²) in [6.45, 7) is 3.13. The summed E-state index contributed by atoms with van der Waals surface area (Å²) in [5.74, 6) is 0. The van der Waals surface area contributed by atoms with Gasteiger partial charge in [-0.05, 0) is 18.6 Å². The van der Waals surface area contributed by atoms with E-state index in [1.807, 2.05) is 0 Å². The van der Waals surface area contributed by atoms with E-state index in [2.05, 4.69) is 22.5 Å². The number of unbranched alkanes of at least 4 members (excludes halogenated alkanes) is 5. The fourth-order valence-electron chi connectivity index (χ4n) is 1.53. The third kappa shape index (κ3) is 6.94. The number of anilines is 1. The van der Waals surface area contributed by atoms with Crippen molar-refractivity contribution in [3.05, 3.63) is 12.5 Å². The molecule has 2 N–H and O–H groups in total. The molecule has 1 heterocycles. The number of nitrogens with one attached hydrogen (secondary N) is 2. The largest absolute Gasteiger partial charge is 0.432 e. The van der Waals surface area contributed by atoms with Gasteiger partial charge >= 0.3 is 6.01 Å². The molecule has 0 spiro atoms. The van der Waals surface area contributed by atoms with Crippen LogP contribution in [0.3, 0.4) is 0 Å². The summed E-state index contributed by atoms with van der Waals surface area (Å²) in [6.07, 6.45) is 10.8. The van der Waals surface area contributed by atoms with Crippen LogP contribution in [0.4, 0.5) is 6.01 Å². The van der Waals surface area contributed by atoms with E-state index >= 15 is 0 Å². The summed E-state index contributed by atoms with van der Waals surface area (Å²) in [4.78, 5) is 3.93.